The summed E-state index contributed by atoms with van der Waals surface area (Å²) in [5.41, 5.74) is 2.79. The molecule has 1 fully saturated rings. The predicted molar refractivity (Wildman–Crippen MR) is 140 cm³/mol. The minimum absolute atomic E-state index is 0.215. The standard InChI is InChI=1S/C27H34N4O5S/c1-4-31-23(24(26(32)36-5-2)25(28-27(31)33)21-9-7-6-8-10-21)19-29-15-17-30(18-16-29)37(34,35)22-13-11-20(3)12-14-22/h6-14,25H,4-5,15-19H2,1-3H3,(H,28,33). The maximum absolute atomic E-state index is 13.2. The number of piperazine rings is 1. The van der Waals surface area contributed by atoms with Gasteiger partial charge >= 0.3 is 12.0 Å². The first-order valence-corrected chi connectivity index (χ1v) is 14.0. The number of carbonyl (C=O) groups is 2. The Morgan fingerprint density at radius 1 is 1.00 bits per heavy atom. The maximum Gasteiger partial charge on any atom is 0.338 e. The second kappa shape index (κ2) is 11.5. The van der Waals surface area contributed by atoms with Gasteiger partial charge in [0.2, 0.25) is 10.0 Å². The number of ether oxygens (including phenoxy) is 1. The fraction of sp³-hybridized carbons (Fsp3) is 0.407. The van der Waals surface area contributed by atoms with Gasteiger partial charge in [-0.05, 0) is 38.5 Å². The van der Waals surface area contributed by atoms with Crippen LogP contribution in [0.15, 0.2) is 70.8 Å². The zero-order valence-corrected chi connectivity index (χ0v) is 22.3. The van der Waals surface area contributed by atoms with E-state index in [0.717, 1.165) is 11.1 Å². The number of aryl methyl sites for hydroxylation is 1. The molecule has 2 aliphatic rings. The third kappa shape index (κ3) is 5.71. The molecular weight excluding hydrogens is 492 g/mol. The first-order valence-electron chi connectivity index (χ1n) is 12.6. The highest BCUT2D eigenvalue weighted by atomic mass is 32.2. The van der Waals surface area contributed by atoms with Crippen molar-refractivity contribution in [3.63, 3.8) is 0 Å². The van der Waals surface area contributed by atoms with E-state index in [-0.39, 0.29) is 17.5 Å². The molecule has 2 aromatic carbocycles. The minimum Gasteiger partial charge on any atom is -0.463 e. The van der Waals surface area contributed by atoms with E-state index in [1.165, 1.54) is 4.31 Å². The number of amides is 2. The highest BCUT2D eigenvalue weighted by Gasteiger charge is 2.39. The summed E-state index contributed by atoms with van der Waals surface area (Å²) in [4.78, 5) is 30.2. The van der Waals surface area contributed by atoms with E-state index in [1.807, 2.05) is 44.2 Å². The quantitative estimate of drug-likeness (QED) is 0.531. The smallest absolute Gasteiger partial charge is 0.338 e. The monoisotopic (exact) mass is 526 g/mol. The van der Waals surface area contributed by atoms with Gasteiger partial charge in [-0.1, -0.05) is 48.0 Å². The number of urea groups is 1. The largest absolute Gasteiger partial charge is 0.463 e. The van der Waals surface area contributed by atoms with E-state index < -0.39 is 22.0 Å². The number of hydrogen-bond acceptors (Lipinski definition) is 6. The van der Waals surface area contributed by atoms with Crippen LogP contribution >= 0.6 is 0 Å². The summed E-state index contributed by atoms with van der Waals surface area (Å²) in [6.07, 6.45) is 0. The fourth-order valence-corrected chi connectivity index (χ4v) is 6.17. The Balaban J connectivity index is 1.60. The molecule has 0 aromatic heterocycles. The molecule has 4 rings (SSSR count). The molecule has 9 nitrogen and oxygen atoms in total. The SMILES string of the molecule is CCOC(=O)C1=C(CN2CCN(S(=O)(=O)c3ccc(C)cc3)CC2)N(CC)C(=O)NC1c1ccccc1. The molecule has 0 bridgehead atoms. The van der Waals surface area contributed by atoms with Gasteiger partial charge in [0.15, 0.2) is 0 Å². The van der Waals surface area contributed by atoms with Gasteiger partial charge in [0.1, 0.15) is 0 Å². The second-order valence-corrected chi connectivity index (χ2v) is 11.0. The number of likely N-dealkylation sites (N-methyl/N-ethyl adjacent to an activating group) is 1. The lowest BCUT2D eigenvalue weighted by molar-refractivity contribution is -0.139. The Bertz CT molecular complexity index is 1250. The van der Waals surface area contributed by atoms with Crippen molar-refractivity contribution in [2.45, 2.75) is 31.7 Å². The van der Waals surface area contributed by atoms with E-state index in [4.69, 9.17) is 4.74 Å². The van der Waals surface area contributed by atoms with Crippen LogP contribution in [0.1, 0.15) is 31.0 Å². The molecule has 1 N–H and O–H groups in total. The molecule has 0 spiro atoms. The van der Waals surface area contributed by atoms with Crippen molar-refractivity contribution in [2.24, 2.45) is 0 Å². The molecule has 2 amide bonds. The van der Waals surface area contributed by atoms with E-state index in [9.17, 15) is 18.0 Å². The van der Waals surface area contributed by atoms with Gasteiger partial charge in [0.05, 0.1) is 23.1 Å². The lowest BCUT2D eigenvalue weighted by Crippen LogP contribution is -2.53. The van der Waals surface area contributed by atoms with Crippen molar-refractivity contribution in [1.82, 2.24) is 19.4 Å². The molecule has 1 saturated heterocycles. The van der Waals surface area contributed by atoms with Crippen LogP contribution in [0, 0.1) is 6.92 Å². The molecule has 0 radical (unpaired) electrons. The average molecular weight is 527 g/mol. The third-order valence-electron chi connectivity index (χ3n) is 6.75. The number of esters is 1. The summed E-state index contributed by atoms with van der Waals surface area (Å²) in [5, 5.41) is 2.96. The highest BCUT2D eigenvalue weighted by Crippen LogP contribution is 2.32. The molecule has 2 aromatic rings. The van der Waals surface area contributed by atoms with Crippen molar-refractivity contribution >= 4 is 22.0 Å². The molecule has 0 saturated carbocycles. The maximum atomic E-state index is 13.2. The van der Waals surface area contributed by atoms with Gasteiger partial charge in [-0.3, -0.25) is 9.80 Å². The molecule has 37 heavy (non-hydrogen) atoms. The topological polar surface area (TPSA) is 99.3 Å². The minimum atomic E-state index is -3.59. The lowest BCUT2D eigenvalue weighted by Gasteiger charge is -2.40. The number of nitrogens with one attached hydrogen (secondary N) is 1. The number of benzene rings is 2. The van der Waals surface area contributed by atoms with Crippen LogP contribution in [0.5, 0.6) is 0 Å². The van der Waals surface area contributed by atoms with E-state index in [2.05, 4.69) is 10.2 Å². The van der Waals surface area contributed by atoms with Crippen LogP contribution in [-0.2, 0) is 19.6 Å². The zero-order chi connectivity index (χ0) is 26.6. The summed E-state index contributed by atoms with van der Waals surface area (Å²) in [6.45, 7) is 8.04. The van der Waals surface area contributed by atoms with E-state index in [0.29, 0.717) is 50.5 Å². The Morgan fingerprint density at radius 3 is 2.24 bits per heavy atom. The number of rotatable bonds is 8. The van der Waals surface area contributed by atoms with Gasteiger partial charge in [0, 0.05) is 45.0 Å². The first-order chi connectivity index (χ1) is 17.8. The second-order valence-electron chi connectivity index (χ2n) is 9.11. The van der Waals surface area contributed by atoms with Gasteiger partial charge < -0.3 is 10.1 Å². The summed E-state index contributed by atoms with van der Waals surface area (Å²) in [7, 11) is -3.59. The summed E-state index contributed by atoms with van der Waals surface area (Å²) in [5.74, 6) is -0.467. The highest BCUT2D eigenvalue weighted by molar-refractivity contribution is 7.89. The van der Waals surface area contributed by atoms with E-state index >= 15 is 0 Å². The van der Waals surface area contributed by atoms with Crippen LogP contribution in [0.4, 0.5) is 4.79 Å². The molecule has 2 heterocycles. The third-order valence-corrected chi connectivity index (χ3v) is 8.66. The molecule has 2 aliphatic heterocycles. The Kier molecular flexibility index (Phi) is 8.31. The van der Waals surface area contributed by atoms with E-state index in [1.54, 1.807) is 36.1 Å². The van der Waals surface area contributed by atoms with Crippen LogP contribution in [0.2, 0.25) is 0 Å². The molecule has 0 aliphatic carbocycles. The summed E-state index contributed by atoms with van der Waals surface area (Å²) >= 11 is 0. The van der Waals surface area contributed by atoms with Crippen LogP contribution in [0.3, 0.4) is 0 Å². The first kappa shape index (κ1) is 26.8. The van der Waals surface area contributed by atoms with Gasteiger partial charge in [-0.2, -0.15) is 4.31 Å². The van der Waals surface area contributed by atoms with Crippen molar-refractivity contribution < 1.29 is 22.7 Å². The Morgan fingerprint density at radius 2 is 1.65 bits per heavy atom. The molecule has 198 valence electrons. The molecular formula is C27H34N4O5S. The van der Waals surface area contributed by atoms with Crippen LogP contribution < -0.4 is 5.32 Å². The number of nitrogens with zero attached hydrogens (tertiary/aromatic N) is 3. The molecule has 1 unspecified atom stereocenters. The average Bonchev–Trinajstić information content (AvgIpc) is 2.89. The van der Waals surface area contributed by atoms with Crippen molar-refractivity contribution in [3.05, 3.63) is 77.0 Å². The van der Waals surface area contributed by atoms with Crippen molar-refractivity contribution in [3.8, 4) is 0 Å². The Hall–Kier alpha value is -3.21. The summed E-state index contributed by atoms with van der Waals surface area (Å²) in [6, 6.07) is 15.3. The van der Waals surface area contributed by atoms with Gasteiger partial charge in [0.25, 0.3) is 0 Å². The van der Waals surface area contributed by atoms with Crippen molar-refractivity contribution in [2.75, 3.05) is 45.9 Å². The molecule has 10 heteroatoms. The molecule has 1 atom stereocenters. The number of hydrogen-bond donors (Lipinski definition) is 1. The summed E-state index contributed by atoms with van der Waals surface area (Å²) < 4.78 is 33.2. The number of sulfonamides is 1. The van der Waals surface area contributed by atoms with Gasteiger partial charge in [-0.25, -0.2) is 18.0 Å². The number of carbonyl (C=O) groups excluding carboxylic acids is 2. The van der Waals surface area contributed by atoms with Crippen molar-refractivity contribution in [1.29, 1.82) is 0 Å². The predicted octanol–water partition coefficient (Wildman–Crippen LogP) is 2.90. The Labute approximate surface area is 218 Å². The zero-order valence-electron chi connectivity index (χ0n) is 21.5. The fourth-order valence-electron chi connectivity index (χ4n) is 4.75. The van der Waals surface area contributed by atoms with Crippen LogP contribution in [-0.4, -0.2) is 80.4 Å². The normalized spacial score (nSPS) is 19.6. The van der Waals surface area contributed by atoms with Crippen LogP contribution in [0.25, 0.3) is 0 Å². The van der Waals surface area contributed by atoms with Gasteiger partial charge in [-0.15, -0.1) is 0 Å². The lowest BCUT2D eigenvalue weighted by atomic mass is 9.94.